The Hall–Kier alpha value is -2.76. The normalized spacial score (nSPS) is 18.3. The molecule has 1 N–H and O–H groups in total. The van der Waals surface area contributed by atoms with Crippen LogP contribution in [0.3, 0.4) is 0 Å². The molecule has 5 rings (SSSR count). The molecule has 4 aromatic rings. The first-order valence-electron chi connectivity index (χ1n) is 9.52. The van der Waals surface area contributed by atoms with Crippen LogP contribution >= 0.6 is 11.6 Å². The molecule has 2 aromatic carbocycles. The number of rotatable bonds is 4. The minimum absolute atomic E-state index is 0.0341. The van der Waals surface area contributed by atoms with Crippen LogP contribution in [0.5, 0.6) is 0 Å². The second-order valence-corrected chi connectivity index (χ2v) is 10.3. The predicted molar refractivity (Wildman–Crippen MR) is 117 cm³/mol. The molecule has 1 fully saturated rings. The van der Waals surface area contributed by atoms with E-state index in [1.54, 1.807) is 12.3 Å². The van der Waals surface area contributed by atoms with Crippen LogP contribution in [0.1, 0.15) is 12.0 Å². The van der Waals surface area contributed by atoms with E-state index < -0.39 is 33.9 Å². The van der Waals surface area contributed by atoms with Gasteiger partial charge in [0.05, 0.1) is 0 Å². The van der Waals surface area contributed by atoms with Crippen molar-refractivity contribution in [3.8, 4) is 11.1 Å². The molecule has 1 aliphatic rings. The van der Waals surface area contributed by atoms with E-state index in [1.165, 1.54) is 6.33 Å². The molecule has 2 heterocycles. The third-order valence-corrected chi connectivity index (χ3v) is 7.90. The third kappa shape index (κ3) is 3.62. The number of nitrogens with zero attached hydrogens (tertiary/aromatic N) is 3. The average Bonchev–Trinajstić information content (AvgIpc) is 3.31. The number of fused-ring (bicyclic) bond motifs is 2. The average molecular weight is 499 g/mol. The summed E-state index contributed by atoms with van der Waals surface area (Å²) in [7, 11) is 0. The standard InChI is InChI=1S/C22H15AsClFN3O3/c1-10-2-19-18(27-9-28(19)22(30)31)7-13(10)11-3-12-5-20(23-21(29)14-6-17(14)25)26-8-15(12)16(24)4-11/h2-5,7-9,14,17H,6H2,1H3,(H,30,31)/t14-,17+/m1/s1. The summed E-state index contributed by atoms with van der Waals surface area (Å²) in [5.41, 5.74) is 3.70. The van der Waals surface area contributed by atoms with E-state index in [9.17, 15) is 19.1 Å². The van der Waals surface area contributed by atoms with Gasteiger partial charge in [-0.25, -0.2) is 0 Å². The van der Waals surface area contributed by atoms with E-state index in [0.717, 1.165) is 32.0 Å². The van der Waals surface area contributed by atoms with Gasteiger partial charge in [0.1, 0.15) is 0 Å². The van der Waals surface area contributed by atoms with Gasteiger partial charge in [0.2, 0.25) is 0 Å². The van der Waals surface area contributed by atoms with Gasteiger partial charge in [0.15, 0.2) is 0 Å². The topological polar surface area (TPSA) is 85.1 Å². The van der Waals surface area contributed by atoms with Gasteiger partial charge < -0.3 is 0 Å². The zero-order valence-electron chi connectivity index (χ0n) is 16.2. The number of benzene rings is 2. The quantitative estimate of drug-likeness (QED) is 0.431. The second-order valence-electron chi connectivity index (χ2n) is 7.58. The van der Waals surface area contributed by atoms with Gasteiger partial charge in [-0.05, 0) is 0 Å². The third-order valence-electron chi connectivity index (χ3n) is 5.44. The Kier molecular flexibility index (Phi) is 4.83. The number of halogens is 2. The number of carbonyl (C=O) groups is 2. The monoisotopic (exact) mass is 498 g/mol. The first-order valence-corrected chi connectivity index (χ1v) is 11.8. The van der Waals surface area contributed by atoms with E-state index in [2.05, 4.69) is 9.97 Å². The Labute approximate surface area is 187 Å². The van der Waals surface area contributed by atoms with Gasteiger partial charge >= 0.3 is 188 Å². The van der Waals surface area contributed by atoms with Crippen LogP contribution in [0.25, 0.3) is 32.9 Å². The van der Waals surface area contributed by atoms with E-state index in [4.69, 9.17) is 11.6 Å². The van der Waals surface area contributed by atoms with Crippen LogP contribution in [-0.2, 0) is 4.79 Å². The Balaban J connectivity index is 1.57. The maximum atomic E-state index is 13.2. The van der Waals surface area contributed by atoms with Crippen molar-refractivity contribution < 1.29 is 19.1 Å². The first-order chi connectivity index (χ1) is 14.8. The SMILES string of the molecule is Cc1cc2c(cc1-c1cc(Cl)c3cnc([As]C(=O)[C@@H]4C[C@@H]4F)cc3c1)ncn2C(=O)O. The van der Waals surface area contributed by atoms with Crippen LogP contribution in [0.4, 0.5) is 9.18 Å². The second kappa shape index (κ2) is 7.43. The van der Waals surface area contributed by atoms with E-state index in [1.807, 2.05) is 31.2 Å². The molecule has 155 valence electrons. The van der Waals surface area contributed by atoms with E-state index in [-0.39, 0.29) is 4.57 Å². The summed E-state index contributed by atoms with van der Waals surface area (Å²) >= 11 is 5.66. The van der Waals surface area contributed by atoms with Crippen molar-refractivity contribution in [2.75, 3.05) is 0 Å². The van der Waals surface area contributed by atoms with Gasteiger partial charge in [0.25, 0.3) is 0 Å². The number of imidazole rings is 1. The molecule has 6 nitrogen and oxygen atoms in total. The Morgan fingerprint density at radius 3 is 2.71 bits per heavy atom. The van der Waals surface area contributed by atoms with Crippen LogP contribution in [0.2, 0.25) is 5.02 Å². The minimum atomic E-state index is -1.09. The molecule has 0 saturated heterocycles. The fourth-order valence-corrected chi connectivity index (χ4v) is 5.98. The molecule has 1 saturated carbocycles. The maximum absolute atomic E-state index is 13.2. The van der Waals surface area contributed by atoms with Crippen LogP contribution in [0.15, 0.2) is 42.9 Å². The van der Waals surface area contributed by atoms with Crippen LogP contribution < -0.4 is 4.48 Å². The summed E-state index contributed by atoms with van der Waals surface area (Å²) in [6, 6.07) is 9.28. The predicted octanol–water partition coefficient (Wildman–Crippen LogP) is 3.95. The molecule has 0 unspecified atom stereocenters. The van der Waals surface area contributed by atoms with Gasteiger partial charge in [0, 0.05) is 0 Å². The summed E-state index contributed by atoms with van der Waals surface area (Å²) < 4.78 is 14.9. The van der Waals surface area contributed by atoms with Crippen molar-refractivity contribution in [2.24, 2.45) is 5.92 Å². The number of pyridine rings is 1. The van der Waals surface area contributed by atoms with E-state index in [0.29, 0.717) is 27.0 Å². The Morgan fingerprint density at radius 1 is 1.23 bits per heavy atom. The number of aryl methyl sites for hydroxylation is 1. The number of hydrogen-bond acceptors (Lipinski definition) is 4. The number of hydrogen-bond donors (Lipinski definition) is 1. The van der Waals surface area contributed by atoms with Crippen molar-refractivity contribution in [1.29, 1.82) is 0 Å². The molecule has 2 aromatic heterocycles. The molecule has 31 heavy (non-hydrogen) atoms. The fourth-order valence-electron chi connectivity index (χ4n) is 3.66. The van der Waals surface area contributed by atoms with Crippen molar-refractivity contribution >= 4 is 64.3 Å². The summed E-state index contributed by atoms with van der Waals surface area (Å²) in [5, 5.41) is 11.4. The zero-order valence-corrected chi connectivity index (χ0v) is 18.8. The Morgan fingerprint density at radius 2 is 2.00 bits per heavy atom. The summed E-state index contributed by atoms with van der Waals surface area (Å²) in [5.74, 6) is -0.451. The molecule has 0 amide bonds. The molecule has 0 spiro atoms. The van der Waals surface area contributed by atoms with Crippen molar-refractivity contribution in [3.05, 3.63) is 53.4 Å². The molecule has 2 atom stereocenters. The van der Waals surface area contributed by atoms with Crippen LogP contribution in [0, 0.1) is 12.8 Å². The molecule has 0 bridgehead atoms. The zero-order chi connectivity index (χ0) is 21.9. The van der Waals surface area contributed by atoms with Crippen molar-refractivity contribution in [2.45, 2.75) is 19.5 Å². The summed E-state index contributed by atoms with van der Waals surface area (Å²) in [6.45, 7) is 1.90. The number of alkyl halides is 1. The molecule has 0 aliphatic heterocycles. The molecule has 1 aliphatic carbocycles. The molecular formula is C22H15AsClFN3O3. The van der Waals surface area contributed by atoms with Crippen LogP contribution in [-0.4, -0.2) is 52.2 Å². The van der Waals surface area contributed by atoms with Crippen molar-refractivity contribution in [3.63, 3.8) is 0 Å². The number of carbonyl (C=O) groups excluding carboxylic acids is 1. The number of carboxylic acid groups (broad SMARTS) is 1. The summed E-state index contributed by atoms with van der Waals surface area (Å²) in [6.07, 6.45) is 1.18. The van der Waals surface area contributed by atoms with Gasteiger partial charge in [-0.1, -0.05) is 0 Å². The van der Waals surface area contributed by atoms with Gasteiger partial charge in [-0.3, -0.25) is 0 Å². The van der Waals surface area contributed by atoms with Gasteiger partial charge in [-0.15, -0.1) is 0 Å². The molecular weight excluding hydrogens is 484 g/mol. The fraction of sp³-hybridized carbons (Fsp3) is 0.182. The van der Waals surface area contributed by atoms with Crippen molar-refractivity contribution in [1.82, 2.24) is 14.5 Å². The summed E-state index contributed by atoms with van der Waals surface area (Å²) in [4.78, 5) is 32.1. The first kappa shape index (κ1) is 20.2. The van der Waals surface area contributed by atoms with Gasteiger partial charge in [-0.2, -0.15) is 0 Å². The molecule has 1 radical (unpaired) electrons. The number of aromatic nitrogens is 3. The Bertz CT molecular complexity index is 1400. The molecule has 9 heteroatoms. The van der Waals surface area contributed by atoms with E-state index >= 15 is 0 Å².